The lowest BCUT2D eigenvalue weighted by molar-refractivity contribution is -0.0498. The van der Waals surface area contributed by atoms with Crippen molar-refractivity contribution in [2.24, 2.45) is 0 Å². The van der Waals surface area contributed by atoms with E-state index in [4.69, 9.17) is 11.6 Å². The van der Waals surface area contributed by atoms with Crippen molar-refractivity contribution in [3.63, 3.8) is 0 Å². The highest BCUT2D eigenvalue weighted by atomic mass is 35.5. The SMILES string of the molecule is Cc1c(Cl)cccc1NC(=O)c1cc(-c2ccc(OC(F)F)cc2)n[nH]1. The normalized spacial score (nSPS) is 10.8. The number of ether oxygens (including phenoxy) is 1. The topological polar surface area (TPSA) is 67.0 Å². The Morgan fingerprint density at radius 1 is 1.23 bits per heavy atom. The van der Waals surface area contributed by atoms with Gasteiger partial charge in [-0.1, -0.05) is 17.7 Å². The lowest BCUT2D eigenvalue weighted by atomic mass is 10.1. The highest BCUT2D eigenvalue weighted by Gasteiger charge is 2.13. The first-order valence-corrected chi connectivity index (χ1v) is 7.99. The van der Waals surface area contributed by atoms with Crippen molar-refractivity contribution in [3.05, 3.63) is 64.8 Å². The number of aromatic amines is 1. The summed E-state index contributed by atoms with van der Waals surface area (Å²) in [4.78, 5) is 12.4. The molecule has 0 unspecified atom stereocenters. The molecule has 0 atom stereocenters. The first-order chi connectivity index (χ1) is 12.4. The molecular formula is C18H14ClF2N3O2. The van der Waals surface area contributed by atoms with Gasteiger partial charge >= 0.3 is 6.61 Å². The summed E-state index contributed by atoms with van der Waals surface area (Å²) in [6.07, 6.45) is 0. The van der Waals surface area contributed by atoms with Gasteiger partial charge in [-0.25, -0.2) is 0 Å². The van der Waals surface area contributed by atoms with E-state index in [1.165, 1.54) is 12.1 Å². The van der Waals surface area contributed by atoms with Crippen LogP contribution in [0.15, 0.2) is 48.5 Å². The van der Waals surface area contributed by atoms with Gasteiger partial charge in [0, 0.05) is 16.3 Å². The monoisotopic (exact) mass is 377 g/mol. The Hall–Kier alpha value is -2.93. The van der Waals surface area contributed by atoms with E-state index < -0.39 is 6.61 Å². The molecule has 0 bridgehead atoms. The quantitative estimate of drug-likeness (QED) is 0.665. The van der Waals surface area contributed by atoms with Crippen LogP contribution in [0.2, 0.25) is 5.02 Å². The minimum Gasteiger partial charge on any atom is -0.435 e. The van der Waals surface area contributed by atoms with Crippen molar-refractivity contribution in [1.29, 1.82) is 0 Å². The molecule has 0 aliphatic heterocycles. The zero-order valence-electron chi connectivity index (χ0n) is 13.6. The second-order valence-electron chi connectivity index (χ2n) is 5.44. The average Bonchev–Trinajstić information content (AvgIpc) is 3.09. The number of nitrogens with one attached hydrogen (secondary N) is 2. The van der Waals surface area contributed by atoms with Crippen LogP contribution in [0, 0.1) is 6.92 Å². The van der Waals surface area contributed by atoms with Gasteiger partial charge in [-0.2, -0.15) is 13.9 Å². The highest BCUT2D eigenvalue weighted by molar-refractivity contribution is 6.31. The molecule has 5 nitrogen and oxygen atoms in total. The summed E-state index contributed by atoms with van der Waals surface area (Å²) in [5.41, 5.74) is 2.78. The molecule has 1 amide bonds. The Labute approximate surface area is 152 Å². The van der Waals surface area contributed by atoms with Gasteiger partial charge in [0.25, 0.3) is 5.91 Å². The van der Waals surface area contributed by atoms with E-state index in [-0.39, 0.29) is 17.4 Å². The zero-order valence-corrected chi connectivity index (χ0v) is 14.3. The van der Waals surface area contributed by atoms with E-state index in [2.05, 4.69) is 20.3 Å². The molecule has 2 N–H and O–H groups in total. The second kappa shape index (κ2) is 7.53. The number of hydrogen-bond acceptors (Lipinski definition) is 3. The number of H-pyrrole nitrogens is 1. The Kier molecular flexibility index (Phi) is 5.18. The molecule has 0 fully saturated rings. The number of rotatable bonds is 5. The van der Waals surface area contributed by atoms with Crippen LogP contribution >= 0.6 is 11.6 Å². The van der Waals surface area contributed by atoms with Gasteiger partial charge in [0.1, 0.15) is 11.4 Å². The van der Waals surface area contributed by atoms with Crippen molar-refractivity contribution >= 4 is 23.2 Å². The molecule has 8 heteroatoms. The van der Waals surface area contributed by atoms with Crippen LogP contribution in [0.5, 0.6) is 5.75 Å². The van der Waals surface area contributed by atoms with Crippen LogP contribution in [0.4, 0.5) is 14.5 Å². The maximum atomic E-state index is 12.4. The fourth-order valence-corrected chi connectivity index (χ4v) is 2.50. The number of amides is 1. The standard InChI is InChI=1S/C18H14ClF2N3O2/c1-10-13(19)3-2-4-14(10)22-17(25)16-9-15(23-24-16)11-5-7-12(8-6-11)26-18(20)21/h2-9,18H,1H3,(H,22,25)(H,23,24). The Balaban J connectivity index is 1.74. The molecule has 0 saturated heterocycles. The molecule has 0 aliphatic carbocycles. The molecule has 0 radical (unpaired) electrons. The number of hydrogen-bond donors (Lipinski definition) is 2. The van der Waals surface area contributed by atoms with Crippen LogP contribution in [-0.4, -0.2) is 22.7 Å². The van der Waals surface area contributed by atoms with Crippen molar-refractivity contribution < 1.29 is 18.3 Å². The fourth-order valence-electron chi connectivity index (χ4n) is 2.33. The maximum absolute atomic E-state index is 12.4. The minimum atomic E-state index is -2.88. The Morgan fingerprint density at radius 3 is 2.65 bits per heavy atom. The molecule has 1 heterocycles. The number of carbonyl (C=O) groups excluding carboxylic acids is 1. The lowest BCUT2D eigenvalue weighted by Gasteiger charge is -2.08. The summed E-state index contributed by atoms with van der Waals surface area (Å²) in [7, 11) is 0. The van der Waals surface area contributed by atoms with Crippen LogP contribution in [0.3, 0.4) is 0 Å². The smallest absolute Gasteiger partial charge is 0.387 e. The van der Waals surface area contributed by atoms with Crippen LogP contribution in [-0.2, 0) is 0 Å². The van der Waals surface area contributed by atoms with E-state index >= 15 is 0 Å². The van der Waals surface area contributed by atoms with Gasteiger partial charge in [0.2, 0.25) is 0 Å². The first-order valence-electron chi connectivity index (χ1n) is 7.61. The van der Waals surface area contributed by atoms with Crippen molar-refractivity contribution in [3.8, 4) is 17.0 Å². The van der Waals surface area contributed by atoms with E-state index in [9.17, 15) is 13.6 Å². The van der Waals surface area contributed by atoms with Crippen molar-refractivity contribution in [1.82, 2.24) is 10.2 Å². The molecule has 2 aromatic carbocycles. The third kappa shape index (κ3) is 4.00. The van der Waals surface area contributed by atoms with Gasteiger partial charge in [-0.15, -0.1) is 0 Å². The number of halogens is 3. The minimum absolute atomic E-state index is 0.0497. The molecular weight excluding hydrogens is 364 g/mol. The van der Waals surface area contributed by atoms with Crippen molar-refractivity contribution in [2.45, 2.75) is 13.5 Å². The summed E-state index contributed by atoms with van der Waals surface area (Å²) in [5.74, 6) is -0.319. The molecule has 0 aliphatic rings. The Bertz CT molecular complexity index is 926. The molecule has 0 saturated carbocycles. The lowest BCUT2D eigenvalue weighted by Crippen LogP contribution is -2.13. The maximum Gasteiger partial charge on any atom is 0.387 e. The zero-order chi connectivity index (χ0) is 18.7. The highest BCUT2D eigenvalue weighted by Crippen LogP contribution is 2.25. The van der Waals surface area contributed by atoms with E-state index in [0.717, 1.165) is 5.56 Å². The number of benzene rings is 2. The molecule has 3 aromatic rings. The van der Waals surface area contributed by atoms with E-state index in [1.807, 2.05) is 0 Å². The van der Waals surface area contributed by atoms with Crippen LogP contribution in [0.25, 0.3) is 11.3 Å². The van der Waals surface area contributed by atoms with Crippen LogP contribution < -0.4 is 10.1 Å². The van der Waals surface area contributed by atoms with E-state index in [1.54, 1.807) is 43.3 Å². The molecule has 3 rings (SSSR count). The van der Waals surface area contributed by atoms with Crippen LogP contribution in [0.1, 0.15) is 16.1 Å². The summed E-state index contributed by atoms with van der Waals surface area (Å²) in [5, 5.41) is 10.1. The number of carbonyl (C=O) groups is 1. The summed E-state index contributed by atoms with van der Waals surface area (Å²) < 4.78 is 28.7. The number of alkyl halides is 2. The fraction of sp³-hybridized carbons (Fsp3) is 0.111. The Morgan fingerprint density at radius 2 is 1.96 bits per heavy atom. The molecule has 26 heavy (non-hydrogen) atoms. The largest absolute Gasteiger partial charge is 0.435 e. The molecule has 0 spiro atoms. The summed E-state index contributed by atoms with van der Waals surface area (Å²) in [6, 6.07) is 12.8. The average molecular weight is 378 g/mol. The van der Waals surface area contributed by atoms with Crippen molar-refractivity contribution in [2.75, 3.05) is 5.32 Å². The number of aromatic nitrogens is 2. The van der Waals surface area contributed by atoms with Gasteiger partial charge in [-0.3, -0.25) is 9.89 Å². The number of anilines is 1. The first kappa shape index (κ1) is 17.9. The second-order valence-corrected chi connectivity index (χ2v) is 5.84. The third-order valence-electron chi connectivity index (χ3n) is 3.71. The van der Waals surface area contributed by atoms with Gasteiger partial charge < -0.3 is 10.1 Å². The van der Waals surface area contributed by atoms with Gasteiger partial charge in [0.05, 0.1) is 5.69 Å². The van der Waals surface area contributed by atoms with E-state index in [0.29, 0.717) is 22.0 Å². The van der Waals surface area contributed by atoms with Gasteiger partial charge in [0.15, 0.2) is 0 Å². The molecule has 1 aromatic heterocycles. The predicted octanol–water partition coefficient (Wildman–Crippen LogP) is 4.89. The predicted molar refractivity (Wildman–Crippen MR) is 94.8 cm³/mol. The van der Waals surface area contributed by atoms with Gasteiger partial charge in [-0.05, 0) is 55.0 Å². The third-order valence-corrected chi connectivity index (χ3v) is 4.12. The molecule has 134 valence electrons. The number of nitrogens with zero attached hydrogens (tertiary/aromatic N) is 1. The summed E-state index contributed by atoms with van der Waals surface area (Å²) >= 11 is 6.04. The summed E-state index contributed by atoms with van der Waals surface area (Å²) in [6.45, 7) is -1.07.